The van der Waals surface area contributed by atoms with Gasteiger partial charge in [0.1, 0.15) is 11.5 Å². The van der Waals surface area contributed by atoms with Crippen molar-refractivity contribution < 1.29 is 23.5 Å². The Morgan fingerprint density at radius 3 is 2.73 bits per heavy atom. The number of benzene rings is 1. The van der Waals surface area contributed by atoms with Gasteiger partial charge in [0.2, 0.25) is 0 Å². The fraction of sp³-hybridized carbons (Fsp3) is 0.433. The highest BCUT2D eigenvalue weighted by molar-refractivity contribution is 6.09. The number of amides is 1. The first-order chi connectivity index (χ1) is 19.7. The van der Waals surface area contributed by atoms with Crippen LogP contribution in [0, 0.1) is 5.82 Å². The second kappa shape index (κ2) is 11.8. The van der Waals surface area contributed by atoms with Crippen LogP contribution < -0.4 is 5.73 Å². The fourth-order valence-electron chi connectivity index (χ4n) is 5.24. The van der Waals surface area contributed by atoms with Gasteiger partial charge >= 0.3 is 5.97 Å². The molecule has 0 saturated carbocycles. The lowest BCUT2D eigenvalue weighted by atomic mass is 9.84. The molecule has 5 rings (SSSR count). The first-order valence-electron chi connectivity index (χ1n) is 14.0. The van der Waals surface area contributed by atoms with E-state index >= 15 is 4.39 Å². The van der Waals surface area contributed by atoms with Gasteiger partial charge in [0.15, 0.2) is 5.65 Å². The monoisotopic (exact) mass is 562 g/mol. The number of fused-ring (bicyclic) bond motifs is 1. The van der Waals surface area contributed by atoms with Crippen molar-refractivity contribution in [3.8, 4) is 11.3 Å². The highest BCUT2D eigenvalue weighted by Gasteiger charge is 2.39. The van der Waals surface area contributed by atoms with Crippen molar-refractivity contribution in [2.45, 2.75) is 57.9 Å². The van der Waals surface area contributed by atoms with Crippen molar-refractivity contribution in [1.82, 2.24) is 19.5 Å². The highest BCUT2D eigenvalue weighted by atomic mass is 19.1. The number of halogens is 1. The zero-order valence-corrected chi connectivity index (χ0v) is 23.6. The second-order valence-electron chi connectivity index (χ2n) is 10.8. The van der Waals surface area contributed by atoms with E-state index in [0.717, 1.165) is 37.6 Å². The molecule has 0 bridgehead atoms. The fourth-order valence-corrected chi connectivity index (χ4v) is 5.24. The molecule has 11 heteroatoms. The van der Waals surface area contributed by atoms with Crippen LogP contribution in [0.15, 0.2) is 47.1 Å². The van der Waals surface area contributed by atoms with Crippen molar-refractivity contribution >= 4 is 29.4 Å². The summed E-state index contributed by atoms with van der Waals surface area (Å²) in [5.41, 5.74) is 7.74. The molecule has 216 valence electrons. The number of likely N-dealkylation sites (tertiary alicyclic amines) is 1. The number of hydrogen-bond donors (Lipinski definition) is 1. The molecule has 4 heterocycles. The number of aromatic nitrogens is 3. The molecule has 2 fully saturated rings. The number of nitrogens with zero attached hydrogens (tertiary/aromatic N) is 5. The summed E-state index contributed by atoms with van der Waals surface area (Å²) in [6.07, 6.45) is 6.48. The molecule has 1 amide bonds. The first-order valence-corrected chi connectivity index (χ1v) is 14.0. The third-order valence-electron chi connectivity index (χ3n) is 7.69. The quantitative estimate of drug-likeness (QED) is 0.258. The van der Waals surface area contributed by atoms with E-state index in [0.29, 0.717) is 36.8 Å². The number of nitrogens with two attached hydrogens (primary N) is 1. The Morgan fingerprint density at radius 2 is 2.05 bits per heavy atom. The average molecular weight is 563 g/mol. The van der Waals surface area contributed by atoms with E-state index in [1.807, 2.05) is 11.0 Å². The number of ether oxygens (including phenoxy) is 2. The smallest absolute Gasteiger partial charge is 0.341 e. The summed E-state index contributed by atoms with van der Waals surface area (Å²) in [5.74, 6) is -1.26. The van der Waals surface area contributed by atoms with Crippen molar-refractivity contribution in [3.05, 3.63) is 59.3 Å². The summed E-state index contributed by atoms with van der Waals surface area (Å²) < 4.78 is 27.5. The normalized spacial score (nSPS) is 19.3. The van der Waals surface area contributed by atoms with E-state index < -0.39 is 11.8 Å². The first kappa shape index (κ1) is 28.4. The van der Waals surface area contributed by atoms with Gasteiger partial charge in [0, 0.05) is 42.7 Å². The molecular formula is C30H35FN6O4. The topological polar surface area (TPSA) is 124 Å². The van der Waals surface area contributed by atoms with Crippen LogP contribution >= 0.6 is 0 Å². The summed E-state index contributed by atoms with van der Waals surface area (Å²) in [6.45, 7) is 7.70. The van der Waals surface area contributed by atoms with Gasteiger partial charge in [0.25, 0.3) is 5.91 Å². The number of aliphatic imine (C=N–C) groups is 1. The molecule has 1 aromatic carbocycles. The maximum Gasteiger partial charge on any atom is 0.341 e. The molecular weight excluding hydrogens is 527 g/mol. The van der Waals surface area contributed by atoms with E-state index in [-0.39, 0.29) is 40.8 Å². The molecule has 2 saturated heterocycles. The molecule has 10 nitrogen and oxygen atoms in total. The van der Waals surface area contributed by atoms with E-state index in [9.17, 15) is 9.59 Å². The van der Waals surface area contributed by atoms with E-state index in [1.165, 1.54) is 12.3 Å². The Bertz CT molecular complexity index is 1530. The minimum absolute atomic E-state index is 0.0590. The third-order valence-corrected chi connectivity index (χ3v) is 7.69. The van der Waals surface area contributed by atoms with Gasteiger partial charge in [-0.1, -0.05) is 12.8 Å². The van der Waals surface area contributed by atoms with E-state index in [4.69, 9.17) is 25.3 Å². The second-order valence-corrected chi connectivity index (χ2v) is 10.8. The third kappa shape index (κ3) is 5.72. The van der Waals surface area contributed by atoms with Crippen molar-refractivity contribution in [3.63, 3.8) is 0 Å². The van der Waals surface area contributed by atoms with Crippen LogP contribution in [0.5, 0.6) is 0 Å². The van der Waals surface area contributed by atoms with Crippen LogP contribution in [0.4, 0.5) is 10.1 Å². The van der Waals surface area contributed by atoms with Gasteiger partial charge in [-0.2, -0.15) is 5.10 Å². The van der Waals surface area contributed by atoms with E-state index in [1.54, 1.807) is 29.6 Å². The molecule has 0 radical (unpaired) electrons. The van der Waals surface area contributed by atoms with Crippen molar-refractivity contribution in [2.24, 2.45) is 10.7 Å². The van der Waals surface area contributed by atoms with E-state index in [2.05, 4.69) is 18.8 Å². The van der Waals surface area contributed by atoms with Gasteiger partial charge in [0.05, 0.1) is 47.9 Å². The zero-order valence-electron chi connectivity index (χ0n) is 23.6. The number of esters is 1. The van der Waals surface area contributed by atoms with Crippen molar-refractivity contribution in [1.29, 1.82) is 0 Å². The molecule has 0 spiro atoms. The summed E-state index contributed by atoms with van der Waals surface area (Å²) >= 11 is 0. The largest absolute Gasteiger partial charge is 0.462 e. The minimum atomic E-state index is -0.613. The SMILES string of the molecule is CCOC(=O)C(C=Nc1ccc(-c2cc3nc(C(=O)N4CCCCCC4C)cc(C4(C)COC4)n3n2)c(F)c1)=CN. The van der Waals surface area contributed by atoms with Crippen LogP contribution in [0.2, 0.25) is 0 Å². The molecule has 2 aromatic heterocycles. The Morgan fingerprint density at radius 1 is 1.24 bits per heavy atom. The Balaban J connectivity index is 1.50. The number of hydrogen-bond acceptors (Lipinski definition) is 8. The van der Waals surface area contributed by atoms with Gasteiger partial charge in [-0.15, -0.1) is 0 Å². The standard InChI is InChI=1S/C30H35FN6O4/c1-4-41-29(39)20(15-32)16-33-21-9-10-22(23(31)12-21)24-14-27-34-25(28(38)36-11-7-5-6-8-19(36)2)13-26(37(27)35-24)30(3)17-40-18-30/h9-10,12-16,19H,4-8,11,17-18,32H2,1-3H3. The van der Waals surface area contributed by atoms with Crippen LogP contribution in [0.25, 0.3) is 16.9 Å². The summed E-state index contributed by atoms with van der Waals surface area (Å²) in [7, 11) is 0. The van der Waals surface area contributed by atoms with Crippen LogP contribution in [0.1, 0.15) is 62.6 Å². The molecule has 2 aliphatic rings. The van der Waals surface area contributed by atoms with Gasteiger partial charge in [-0.05, 0) is 51.8 Å². The number of carbonyl (C=O) groups excluding carboxylic acids is 2. The van der Waals surface area contributed by atoms with Crippen LogP contribution in [-0.2, 0) is 19.7 Å². The highest BCUT2D eigenvalue weighted by Crippen LogP contribution is 2.34. The Labute approximate surface area is 238 Å². The molecule has 1 atom stereocenters. The number of carbonyl (C=O) groups is 2. The average Bonchev–Trinajstić information content (AvgIpc) is 3.25. The summed E-state index contributed by atoms with van der Waals surface area (Å²) in [6, 6.07) is 8.07. The molecule has 2 N–H and O–H groups in total. The van der Waals surface area contributed by atoms with Gasteiger partial charge in [-0.25, -0.2) is 18.7 Å². The maximum absolute atomic E-state index is 15.3. The number of rotatable bonds is 7. The van der Waals surface area contributed by atoms with Crippen LogP contribution in [-0.4, -0.2) is 70.0 Å². The lowest BCUT2D eigenvalue weighted by molar-refractivity contribution is -0.137. The molecule has 1 unspecified atom stereocenters. The molecule has 3 aromatic rings. The predicted octanol–water partition coefficient (Wildman–Crippen LogP) is 4.34. The minimum Gasteiger partial charge on any atom is -0.462 e. The molecule has 41 heavy (non-hydrogen) atoms. The Kier molecular flexibility index (Phi) is 8.16. The van der Waals surface area contributed by atoms with Crippen LogP contribution in [0.3, 0.4) is 0 Å². The lowest BCUT2D eigenvalue weighted by Crippen LogP contribution is -2.46. The van der Waals surface area contributed by atoms with Gasteiger partial charge in [-0.3, -0.25) is 9.79 Å². The Hall–Kier alpha value is -4.12. The maximum atomic E-state index is 15.3. The van der Waals surface area contributed by atoms with Gasteiger partial charge < -0.3 is 20.1 Å². The molecule has 0 aliphatic carbocycles. The predicted molar refractivity (Wildman–Crippen MR) is 153 cm³/mol. The summed E-state index contributed by atoms with van der Waals surface area (Å²) in [5, 5.41) is 4.70. The summed E-state index contributed by atoms with van der Waals surface area (Å²) in [4.78, 5) is 36.3. The zero-order chi connectivity index (χ0) is 29.1. The lowest BCUT2D eigenvalue weighted by Gasteiger charge is -2.38. The molecule has 2 aliphatic heterocycles. The van der Waals surface area contributed by atoms with Crippen molar-refractivity contribution in [2.75, 3.05) is 26.4 Å².